The highest BCUT2D eigenvalue weighted by molar-refractivity contribution is 6.24. The van der Waals surface area contributed by atoms with Gasteiger partial charge in [0.05, 0.1) is 29.8 Å². The molecule has 0 radical (unpaired) electrons. The fourth-order valence-electron chi connectivity index (χ4n) is 5.28. The third kappa shape index (κ3) is 2.88. The van der Waals surface area contributed by atoms with Crippen LogP contribution < -0.4 is 10.2 Å². The van der Waals surface area contributed by atoms with Crippen LogP contribution in [0, 0.1) is 17.7 Å². The maximum absolute atomic E-state index is 14.6. The average molecular weight is 454 g/mol. The SMILES string of the molecule is O=C(Nc1ccccc1)[C@@H]1[C@@H]2C(=O)N(c3ccccc3F)C(=O)[C@@H]2[C@H]2c3ccccc3C=NN12. The summed E-state index contributed by atoms with van der Waals surface area (Å²) in [5.74, 6) is -4.14. The fourth-order valence-corrected chi connectivity index (χ4v) is 5.28. The Kier molecular flexibility index (Phi) is 4.55. The molecule has 2 fully saturated rings. The van der Waals surface area contributed by atoms with E-state index in [1.165, 1.54) is 18.2 Å². The van der Waals surface area contributed by atoms with Crippen molar-refractivity contribution < 1.29 is 18.8 Å². The van der Waals surface area contributed by atoms with E-state index in [0.29, 0.717) is 5.69 Å². The molecule has 2 saturated heterocycles. The molecule has 7 nitrogen and oxygen atoms in total. The Morgan fingerprint density at radius 2 is 1.53 bits per heavy atom. The van der Waals surface area contributed by atoms with Crippen LogP contribution >= 0.6 is 0 Å². The number of rotatable bonds is 3. The van der Waals surface area contributed by atoms with Crippen molar-refractivity contribution >= 4 is 35.3 Å². The molecule has 0 unspecified atom stereocenters. The van der Waals surface area contributed by atoms with Gasteiger partial charge >= 0.3 is 0 Å². The van der Waals surface area contributed by atoms with Gasteiger partial charge in [-0.2, -0.15) is 5.10 Å². The normalized spacial score (nSPS) is 24.6. The monoisotopic (exact) mass is 454 g/mol. The standard InChI is InChI=1S/C26H19FN4O3/c27-18-12-6-7-13-19(18)30-25(33)20-21(26(30)34)23(24(32)29-16-9-2-1-3-10-16)31-22(20)17-11-5-4-8-15(17)14-28-31/h1-14,20-23H,(H,29,32)/t20-,21+,22+,23-/m0/s1. The smallest absolute Gasteiger partial charge is 0.249 e. The molecular formula is C26H19FN4O3. The summed E-state index contributed by atoms with van der Waals surface area (Å²) in [6, 6.07) is 20.3. The highest BCUT2D eigenvalue weighted by atomic mass is 19.1. The quantitative estimate of drug-likeness (QED) is 0.616. The van der Waals surface area contributed by atoms with E-state index in [0.717, 1.165) is 16.0 Å². The summed E-state index contributed by atoms with van der Waals surface area (Å²) in [5.41, 5.74) is 2.08. The highest BCUT2D eigenvalue weighted by Gasteiger charge is 2.65. The van der Waals surface area contributed by atoms with E-state index >= 15 is 0 Å². The number of nitrogens with zero attached hydrogens (tertiary/aromatic N) is 3. The van der Waals surface area contributed by atoms with Crippen LogP contribution in [-0.2, 0) is 14.4 Å². The zero-order valence-corrected chi connectivity index (χ0v) is 17.8. The van der Waals surface area contributed by atoms with Crippen molar-refractivity contribution in [2.24, 2.45) is 16.9 Å². The van der Waals surface area contributed by atoms with Gasteiger partial charge in [0.25, 0.3) is 0 Å². The van der Waals surface area contributed by atoms with Gasteiger partial charge in [0.15, 0.2) is 0 Å². The van der Waals surface area contributed by atoms with E-state index in [-0.39, 0.29) is 5.69 Å². The second-order valence-electron chi connectivity index (χ2n) is 8.51. The van der Waals surface area contributed by atoms with Gasteiger partial charge in [-0.15, -0.1) is 0 Å². The lowest BCUT2D eigenvalue weighted by Crippen LogP contribution is -2.46. The molecule has 0 aromatic heterocycles. The van der Waals surface area contributed by atoms with Crippen molar-refractivity contribution in [2.45, 2.75) is 12.1 Å². The van der Waals surface area contributed by atoms with Gasteiger partial charge in [-0.05, 0) is 35.4 Å². The zero-order chi connectivity index (χ0) is 23.4. The van der Waals surface area contributed by atoms with Crippen molar-refractivity contribution in [3.05, 3.63) is 95.8 Å². The highest BCUT2D eigenvalue weighted by Crippen LogP contribution is 2.52. The number of fused-ring (bicyclic) bond motifs is 5. The molecule has 0 spiro atoms. The van der Waals surface area contributed by atoms with Crippen LogP contribution in [0.2, 0.25) is 0 Å². The van der Waals surface area contributed by atoms with Crippen LogP contribution in [0.25, 0.3) is 0 Å². The molecule has 3 aromatic rings. The van der Waals surface area contributed by atoms with Gasteiger partial charge < -0.3 is 5.32 Å². The molecule has 4 atom stereocenters. The first-order valence-electron chi connectivity index (χ1n) is 11.0. The fraction of sp³-hybridized carbons (Fsp3) is 0.154. The van der Waals surface area contributed by atoms with Crippen LogP contribution in [0.5, 0.6) is 0 Å². The van der Waals surface area contributed by atoms with E-state index in [9.17, 15) is 18.8 Å². The van der Waals surface area contributed by atoms with Gasteiger partial charge in [0.1, 0.15) is 11.9 Å². The van der Waals surface area contributed by atoms with E-state index in [1.807, 2.05) is 30.3 Å². The number of benzene rings is 3. The van der Waals surface area contributed by atoms with Gasteiger partial charge in [-0.1, -0.05) is 54.6 Å². The Hall–Kier alpha value is -4.33. The van der Waals surface area contributed by atoms with Gasteiger partial charge in [-0.25, -0.2) is 9.29 Å². The first-order chi connectivity index (χ1) is 16.6. The minimum absolute atomic E-state index is 0.103. The summed E-state index contributed by atoms with van der Waals surface area (Å²) in [6.45, 7) is 0. The number of carbonyl (C=O) groups excluding carboxylic acids is 3. The van der Waals surface area contributed by atoms with Crippen molar-refractivity contribution in [1.29, 1.82) is 0 Å². The number of imide groups is 1. The lowest BCUT2D eigenvalue weighted by Gasteiger charge is -2.33. The Morgan fingerprint density at radius 1 is 0.853 bits per heavy atom. The maximum Gasteiger partial charge on any atom is 0.249 e. The van der Waals surface area contributed by atoms with E-state index in [1.54, 1.807) is 41.6 Å². The minimum atomic E-state index is -1.03. The third-order valence-corrected chi connectivity index (χ3v) is 6.70. The van der Waals surface area contributed by atoms with Crippen LogP contribution in [0.4, 0.5) is 15.8 Å². The summed E-state index contributed by atoms with van der Waals surface area (Å²) in [6.07, 6.45) is 1.64. The first-order valence-corrected chi connectivity index (χ1v) is 11.0. The lowest BCUT2D eigenvalue weighted by atomic mass is 9.85. The molecular weight excluding hydrogens is 435 g/mol. The molecule has 8 heteroatoms. The molecule has 0 saturated carbocycles. The Bertz CT molecular complexity index is 1360. The summed E-state index contributed by atoms with van der Waals surface area (Å²) in [5, 5.41) is 8.90. The van der Waals surface area contributed by atoms with Crippen molar-refractivity contribution in [3.8, 4) is 0 Å². The van der Waals surface area contributed by atoms with Gasteiger partial charge in [-0.3, -0.25) is 19.4 Å². The number of anilines is 2. The number of halogens is 1. The van der Waals surface area contributed by atoms with Crippen LogP contribution in [0.1, 0.15) is 17.2 Å². The largest absolute Gasteiger partial charge is 0.324 e. The molecule has 3 aliphatic rings. The molecule has 3 aromatic carbocycles. The summed E-state index contributed by atoms with van der Waals surface area (Å²) in [4.78, 5) is 41.7. The predicted molar refractivity (Wildman–Crippen MR) is 123 cm³/mol. The molecule has 3 aliphatic heterocycles. The van der Waals surface area contributed by atoms with Crippen molar-refractivity contribution in [3.63, 3.8) is 0 Å². The first kappa shape index (κ1) is 20.3. The second kappa shape index (κ2) is 7.62. The summed E-state index contributed by atoms with van der Waals surface area (Å²) >= 11 is 0. The predicted octanol–water partition coefficient (Wildman–Crippen LogP) is 3.34. The molecule has 0 bridgehead atoms. The topological polar surface area (TPSA) is 82.1 Å². The third-order valence-electron chi connectivity index (χ3n) is 6.70. The number of nitrogens with one attached hydrogen (secondary N) is 1. The summed E-state index contributed by atoms with van der Waals surface area (Å²) < 4.78 is 14.6. The average Bonchev–Trinajstić information content (AvgIpc) is 3.33. The molecule has 168 valence electrons. The molecule has 34 heavy (non-hydrogen) atoms. The van der Waals surface area contributed by atoms with Crippen LogP contribution in [0.15, 0.2) is 84.0 Å². The molecule has 6 rings (SSSR count). The Morgan fingerprint density at radius 3 is 2.32 bits per heavy atom. The Balaban J connectivity index is 1.46. The van der Waals surface area contributed by atoms with E-state index in [4.69, 9.17) is 0 Å². The Labute approximate surface area is 194 Å². The van der Waals surface area contributed by atoms with Crippen LogP contribution in [0.3, 0.4) is 0 Å². The number of para-hydroxylation sites is 2. The molecule has 1 N–H and O–H groups in total. The van der Waals surface area contributed by atoms with Crippen molar-refractivity contribution in [2.75, 3.05) is 10.2 Å². The molecule has 3 amide bonds. The van der Waals surface area contributed by atoms with E-state index in [2.05, 4.69) is 10.4 Å². The van der Waals surface area contributed by atoms with Crippen molar-refractivity contribution in [1.82, 2.24) is 5.01 Å². The number of amides is 3. The lowest BCUT2D eigenvalue weighted by molar-refractivity contribution is -0.129. The number of hydrogen-bond donors (Lipinski definition) is 1. The number of carbonyl (C=O) groups is 3. The number of hydrazone groups is 1. The summed E-state index contributed by atoms with van der Waals surface area (Å²) in [7, 11) is 0. The number of hydrogen-bond acceptors (Lipinski definition) is 5. The van der Waals surface area contributed by atoms with E-state index < -0.39 is 47.5 Å². The van der Waals surface area contributed by atoms with Gasteiger partial charge in [0.2, 0.25) is 17.7 Å². The molecule has 3 heterocycles. The van der Waals surface area contributed by atoms with Crippen LogP contribution in [-0.4, -0.2) is 35.0 Å². The zero-order valence-electron chi connectivity index (χ0n) is 17.8. The maximum atomic E-state index is 14.6. The minimum Gasteiger partial charge on any atom is -0.324 e. The second-order valence-corrected chi connectivity index (χ2v) is 8.51. The molecule has 0 aliphatic carbocycles. The van der Waals surface area contributed by atoms with Gasteiger partial charge in [0, 0.05) is 5.69 Å².